The van der Waals surface area contributed by atoms with E-state index in [4.69, 9.17) is 16.3 Å². The van der Waals surface area contributed by atoms with E-state index < -0.39 is 21.0 Å². The maximum absolute atomic E-state index is 12.7. The van der Waals surface area contributed by atoms with Crippen molar-refractivity contribution in [2.75, 3.05) is 32.8 Å². The van der Waals surface area contributed by atoms with Crippen molar-refractivity contribution in [3.05, 3.63) is 33.3 Å². The summed E-state index contributed by atoms with van der Waals surface area (Å²) in [5.41, 5.74) is -0.358. The highest BCUT2D eigenvalue weighted by Crippen LogP contribution is 2.29. The zero-order valence-electron chi connectivity index (χ0n) is 12.8. The minimum Gasteiger partial charge on any atom is -0.450 e. The van der Waals surface area contributed by atoms with Gasteiger partial charge in [-0.1, -0.05) is 11.6 Å². The maximum atomic E-state index is 12.7. The molecule has 0 saturated carbocycles. The first-order chi connectivity index (χ1) is 11.3. The fraction of sp³-hybridized carbons (Fsp3) is 0.462. The van der Waals surface area contributed by atoms with Crippen LogP contribution in [0.3, 0.4) is 0 Å². The summed E-state index contributed by atoms with van der Waals surface area (Å²) in [6, 6.07) is 3.26. The van der Waals surface area contributed by atoms with Crippen LogP contribution in [-0.4, -0.2) is 61.4 Å². The second kappa shape index (κ2) is 7.32. The van der Waals surface area contributed by atoms with E-state index in [-0.39, 0.29) is 48.4 Å². The van der Waals surface area contributed by atoms with Gasteiger partial charge in [0.05, 0.1) is 16.6 Å². The minimum absolute atomic E-state index is 0.0557. The van der Waals surface area contributed by atoms with Gasteiger partial charge in [-0.2, -0.15) is 4.31 Å². The Morgan fingerprint density at radius 2 is 1.96 bits per heavy atom. The standard InChI is InChI=1S/C13H16ClN3O6S/c1-2-23-13(18)15-5-7-16(8-6-15)24(21,22)12-9-10(17(19)20)3-4-11(12)14/h3-4,9H,2,5-8H2,1H3. The number of nitro benzene ring substituents is 1. The Morgan fingerprint density at radius 3 is 2.50 bits per heavy atom. The lowest BCUT2D eigenvalue weighted by Gasteiger charge is -2.33. The van der Waals surface area contributed by atoms with Crippen LogP contribution in [0.5, 0.6) is 0 Å². The summed E-state index contributed by atoms with van der Waals surface area (Å²) in [5.74, 6) is 0. The van der Waals surface area contributed by atoms with Gasteiger partial charge in [-0.05, 0) is 13.0 Å². The number of ether oxygens (including phenoxy) is 1. The first-order valence-corrected chi connectivity index (χ1v) is 8.95. The molecule has 1 fully saturated rings. The van der Waals surface area contributed by atoms with Crippen molar-refractivity contribution in [3.63, 3.8) is 0 Å². The molecule has 1 amide bonds. The van der Waals surface area contributed by atoms with E-state index in [1.807, 2.05) is 0 Å². The molecule has 1 aliphatic rings. The first kappa shape index (κ1) is 18.4. The molecule has 1 aliphatic heterocycles. The number of non-ortho nitro benzene ring substituents is 1. The third-order valence-corrected chi connectivity index (χ3v) is 5.89. The topological polar surface area (TPSA) is 110 Å². The molecule has 0 atom stereocenters. The van der Waals surface area contributed by atoms with Gasteiger partial charge in [0.1, 0.15) is 4.90 Å². The highest BCUT2D eigenvalue weighted by molar-refractivity contribution is 7.89. The van der Waals surface area contributed by atoms with Crippen LogP contribution in [0.15, 0.2) is 23.1 Å². The Kier molecular flexibility index (Phi) is 5.62. The Labute approximate surface area is 143 Å². The highest BCUT2D eigenvalue weighted by Gasteiger charge is 2.32. The average Bonchev–Trinajstić information content (AvgIpc) is 2.55. The van der Waals surface area contributed by atoms with Gasteiger partial charge in [0.15, 0.2) is 0 Å². The smallest absolute Gasteiger partial charge is 0.409 e. The van der Waals surface area contributed by atoms with Crippen molar-refractivity contribution in [2.24, 2.45) is 0 Å². The van der Waals surface area contributed by atoms with E-state index in [2.05, 4.69) is 0 Å². The molecule has 0 aliphatic carbocycles. The molecule has 1 heterocycles. The number of benzene rings is 1. The number of carbonyl (C=O) groups excluding carboxylic acids is 1. The van der Waals surface area contributed by atoms with Crippen molar-refractivity contribution in [1.82, 2.24) is 9.21 Å². The highest BCUT2D eigenvalue weighted by atomic mass is 35.5. The molecule has 0 spiro atoms. The summed E-state index contributed by atoms with van der Waals surface area (Å²) in [4.78, 5) is 22.9. The molecule has 0 bridgehead atoms. The van der Waals surface area contributed by atoms with Gasteiger partial charge in [-0.25, -0.2) is 13.2 Å². The van der Waals surface area contributed by atoms with Gasteiger partial charge >= 0.3 is 6.09 Å². The Morgan fingerprint density at radius 1 is 1.33 bits per heavy atom. The van der Waals surface area contributed by atoms with Gasteiger partial charge in [-0.3, -0.25) is 10.1 Å². The normalized spacial score (nSPS) is 16.0. The molecular weight excluding hydrogens is 362 g/mol. The van der Waals surface area contributed by atoms with Crippen molar-refractivity contribution in [3.8, 4) is 0 Å². The van der Waals surface area contributed by atoms with E-state index >= 15 is 0 Å². The Hall–Kier alpha value is -1.91. The summed E-state index contributed by atoms with van der Waals surface area (Å²) in [6.07, 6.45) is -0.497. The SMILES string of the molecule is CCOC(=O)N1CCN(S(=O)(=O)c2cc([N+](=O)[O-])ccc2Cl)CC1. The van der Waals surface area contributed by atoms with Gasteiger partial charge in [0.25, 0.3) is 5.69 Å². The zero-order chi connectivity index (χ0) is 17.9. The maximum Gasteiger partial charge on any atom is 0.409 e. The number of hydrogen-bond acceptors (Lipinski definition) is 6. The number of carbonyl (C=O) groups is 1. The number of hydrogen-bond donors (Lipinski definition) is 0. The molecule has 2 rings (SSSR count). The number of nitrogens with zero attached hydrogens (tertiary/aromatic N) is 3. The number of rotatable bonds is 4. The predicted octanol–water partition coefficient (Wildman–Crippen LogP) is 1.71. The van der Waals surface area contributed by atoms with Gasteiger partial charge in [0.2, 0.25) is 10.0 Å². The summed E-state index contributed by atoms with van der Waals surface area (Å²) in [7, 11) is -3.99. The van der Waals surface area contributed by atoms with E-state index in [0.29, 0.717) is 0 Å². The monoisotopic (exact) mass is 377 g/mol. The number of amides is 1. The van der Waals surface area contributed by atoms with Crippen molar-refractivity contribution in [2.45, 2.75) is 11.8 Å². The third-order valence-electron chi connectivity index (χ3n) is 3.51. The Balaban J connectivity index is 2.19. The van der Waals surface area contributed by atoms with Crippen molar-refractivity contribution in [1.29, 1.82) is 0 Å². The second-order valence-electron chi connectivity index (χ2n) is 4.96. The fourth-order valence-corrected chi connectivity index (χ4v) is 4.18. The lowest BCUT2D eigenvalue weighted by Crippen LogP contribution is -2.50. The number of nitro groups is 1. The largest absolute Gasteiger partial charge is 0.450 e. The minimum atomic E-state index is -3.99. The van der Waals surface area contributed by atoms with E-state index in [1.165, 1.54) is 11.0 Å². The average molecular weight is 378 g/mol. The predicted molar refractivity (Wildman–Crippen MR) is 85.5 cm³/mol. The van der Waals surface area contributed by atoms with Gasteiger partial charge in [0, 0.05) is 38.3 Å². The quantitative estimate of drug-likeness (QED) is 0.583. The van der Waals surface area contributed by atoms with E-state index in [1.54, 1.807) is 6.92 Å². The lowest BCUT2D eigenvalue weighted by molar-refractivity contribution is -0.385. The molecule has 0 radical (unpaired) electrons. The van der Waals surface area contributed by atoms with Crippen LogP contribution in [0.4, 0.5) is 10.5 Å². The van der Waals surface area contributed by atoms with Crippen LogP contribution < -0.4 is 0 Å². The van der Waals surface area contributed by atoms with Crippen LogP contribution in [0, 0.1) is 10.1 Å². The van der Waals surface area contributed by atoms with Gasteiger partial charge < -0.3 is 9.64 Å². The van der Waals surface area contributed by atoms with Crippen molar-refractivity contribution < 1.29 is 22.9 Å². The molecule has 1 saturated heterocycles. The summed E-state index contributed by atoms with van der Waals surface area (Å²) in [6.45, 7) is 2.37. The third kappa shape index (κ3) is 3.77. The molecule has 9 nitrogen and oxygen atoms in total. The molecule has 0 N–H and O–H groups in total. The van der Waals surface area contributed by atoms with E-state index in [0.717, 1.165) is 16.4 Å². The van der Waals surface area contributed by atoms with Crippen LogP contribution in [0.1, 0.15) is 6.92 Å². The number of piperazine rings is 1. The van der Waals surface area contributed by atoms with Crippen LogP contribution in [0.2, 0.25) is 5.02 Å². The molecular formula is C13H16ClN3O6S. The van der Waals surface area contributed by atoms with Crippen LogP contribution >= 0.6 is 11.6 Å². The summed E-state index contributed by atoms with van der Waals surface area (Å²) < 4.78 is 31.4. The summed E-state index contributed by atoms with van der Waals surface area (Å²) >= 11 is 5.91. The molecule has 1 aromatic rings. The molecule has 0 unspecified atom stereocenters. The second-order valence-corrected chi connectivity index (χ2v) is 7.28. The molecule has 0 aromatic heterocycles. The zero-order valence-corrected chi connectivity index (χ0v) is 14.4. The van der Waals surface area contributed by atoms with Crippen molar-refractivity contribution >= 4 is 33.4 Å². The summed E-state index contributed by atoms with van der Waals surface area (Å²) in [5, 5.41) is 10.8. The van der Waals surface area contributed by atoms with Crippen LogP contribution in [0.25, 0.3) is 0 Å². The molecule has 24 heavy (non-hydrogen) atoms. The number of sulfonamides is 1. The van der Waals surface area contributed by atoms with E-state index in [9.17, 15) is 23.3 Å². The number of halogens is 1. The fourth-order valence-electron chi connectivity index (χ4n) is 2.27. The molecule has 132 valence electrons. The lowest BCUT2D eigenvalue weighted by atomic mass is 10.3. The molecule has 11 heteroatoms. The Bertz CT molecular complexity index is 746. The first-order valence-electron chi connectivity index (χ1n) is 7.13. The molecule has 1 aromatic carbocycles. The van der Waals surface area contributed by atoms with Crippen LogP contribution in [-0.2, 0) is 14.8 Å². The van der Waals surface area contributed by atoms with Gasteiger partial charge in [-0.15, -0.1) is 0 Å².